The Hall–Kier alpha value is -6.68. The van der Waals surface area contributed by atoms with Crippen molar-refractivity contribution in [2.75, 3.05) is 13.2 Å². The molecule has 10 nitrogen and oxygen atoms in total. The number of esters is 4. The molecule has 0 bridgehead atoms. The maximum absolute atomic E-state index is 13.1. The third-order valence-corrected chi connectivity index (χ3v) is 10.9. The molecule has 0 spiro atoms. The summed E-state index contributed by atoms with van der Waals surface area (Å²) in [5.41, 5.74) is 1.67. The second-order valence-corrected chi connectivity index (χ2v) is 16.2. The van der Waals surface area contributed by atoms with Gasteiger partial charge in [-0.1, -0.05) is 116 Å². The van der Waals surface area contributed by atoms with Gasteiger partial charge in [0, 0.05) is 6.07 Å². The summed E-state index contributed by atoms with van der Waals surface area (Å²) in [5.74, 6) is -0.334. The standard InChI is InChI=1S/C56H64O10/c1-4-7-9-11-13-15-17-19-37-61-47-29-21-43(22-30-47)53(57)63-49-33-25-45(26-34-49)55(59)65-51-39-42(6-3)40-52(41-51)66-56(60)46-27-35-50(36-28-46)64-54(58)44-23-31-48(32-24-44)62-38-20-18-16-14-12-10-8-5-2/h6,21-36,39-41H,3-5,7-20,37-38H2,1-2H3. The molecular formula is C56H64O10. The number of carbonyl (C=O) groups is 4. The molecule has 0 fully saturated rings. The summed E-state index contributed by atoms with van der Waals surface area (Å²) < 4.78 is 34.0. The lowest BCUT2D eigenvalue weighted by Crippen LogP contribution is -2.11. The van der Waals surface area contributed by atoms with Gasteiger partial charge in [-0.25, -0.2) is 19.2 Å². The van der Waals surface area contributed by atoms with Crippen molar-refractivity contribution in [1.82, 2.24) is 0 Å². The lowest BCUT2D eigenvalue weighted by atomic mass is 10.1. The van der Waals surface area contributed by atoms with Gasteiger partial charge in [0.05, 0.1) is 35.5 Å². The number of carbonyl (C=O) groups excluding carboxylic acids is 4. The van der Waals surface area contributed by atoms with Crippen molar-refractivity contribution in [2.24, 2.45) is 0 Å². The molecule has 0 heterocycles. The Labute approximate surface area is 390 Å². The number of unbranched alkanes of at least 4 members (excludes halogenated alkanes) is 14. The van der Waals surface area contributed by atoms with Gasteiger partial charge in [0.2, 0.25) is 0 Å². The molecule has 5 rings (SSSR count). The van der Waals surface area contributed by atoms with Gasteiger partial charge in [0.1, 0.15) is 34.5 Å². The minimum Gasteiger partial charge on any atom is -0.494 e. The summed E-state index contributed by atoms with van der Waals surface area (Å²) in [5, 5.41) is 0. The first-order chi connectivity index (χ1) is 32.2. The topological polar surface area (TPSA) is 124 Å². The van der Waals surface area contributed by atoms with E-state index >= 15 is 0 Å². The molecule has 0 radical (unpaired) electrons. The van der Waals surface area contributed by atoms with Crippen LogP contribution in [0.5, 0.6) is 34.5 Å². The fraction of sp³-hybridized carbons (Fsp3) is 0.357. The lowest BCUT2D eigenvalue weighted by molar-refractivity contribution is 0.0723. The van der Waals surface area contributed by atoms with Crippen LogP contribution in [-0.4, -0.2) is 37.1 Å². The zero-order valence-corrected chi connectivity index (χ0v) is 38.6. The zero-order chi connectivity index (χ0) is 46.8. The summed E-state index contributed by atoms with van der Waals surface area (Å²) in [4.78, 5) is 51.9. The molecule has 5 aromatic carbocycles. The smallest absolute Gasteiger partial charge is 0.343 e. The first-order valence-corrected chi connectivity index (χ1v) is 23.6. The average molecular weight is 897 g/mol. The zero-order valence-electron chi connectivity index (χ0n) is 38.6. The molecule has 0 atom stereocenters. The van der Waals surface area contributed by atoms with E-state index in [4.69, 9.17) is 28.4 Å². The van der Waals surface area contributed by atoms with Gasteiger partial charge in [0.15, 0.2) is 0 Å². The van der Waals surface area contributed by atoms with Crippen LogP contribution in [0, 0.1) is 0 Å². The maximum atomic E-state index is 13.1. The van der Waals surface area contributed by atoms with Crippen molar-refractivity contribution >= 4 is 30.0 Å². The van der Waals surface area contributed by atoms with Crippen LogP contribution in [0.15, 0.2) is 122 Å². The van der Waals surface area contributed by atoms with E-state index in [1.165, 1.54) is 138 Å². The average Bonchev–Trinajstić information content (AvgIpc) is 3.33. The number of ether oxygens (including phenoxy) is 6. The minimum absolute atomic E-state index is 0.117. The van der Waals surface area contributed by atoms with E-state index in [2.05, 4.69) is 20.4 Å². The van der Waals surface area contributed by atoms with Crippen LogP contribution in [0.4, 0.5) is 0 Å². The SMILES string of the molecule is C=Cc1cc(OC(=O)c2ccc(OC(=O)c3ccc(OCCCCCCCCCC)cc3)cc2)cc(OC(=O)c2ccc(OC(=O)c3ccc(OCCCCCCCCCC)cc3)cc2)c1. The number of hydrogen-bond acceptors (Lipinski definition) is 10. The van der Waals surface area contributed by atoms with Crippen molar-refractivity contribution in [1.29, 1.82) is 0 Å². The fourth-order valence-corrected chi connectivity index (χ4v) is 7.04. The Morgan fingerprint density at radius 3 is 0.939 bits per heavy atom. The molecule has 0 unspecified atom stereocenters. The van der Waals surface area contributed by atoms with Crippen molar-refractivity contribution < 1.29 is 47.6 Å². The van der Waals surface area contributed by atoms with Gasteiger partial charge in [-0.2, -0.15) is 0 Å². The molecule has 0 saturated heterocycles. The molecular weight excluding hydrogens is 833 g/mol. The molecule has 0 aliphatic carbocycles. The molecule has 10 heteroatoms. The minimum atomic E-state index is -0.683. The summed E-state index contributed by atoms with van der Waals surface area (Å²) in [6, 6.07) is 30.1. The highest BCUT2D eigenvalue weighted by atomic mass is 16.6. The fourth-order valence-electron chi connectivity index (χ4n) is 7.04. The predicted octanol–water partition coefficient (Wildman–Crippen LogP) is 14.2. The molecule has 348 valence electrons. The van der Waals surface area contributed by atoms with Crippen LogP contribution in [0.1, 0.15) is 164 Å². The molecule has 0 aliphatic heterocycles. The largest absolute Gasteiger partial charge is 0.494 e. The molecule has 0 saturated carbocycles. The predicted molar refractivity (Wildman–Crippen MR) is 258 cm³/mol. The summed E-state index contributed by atoms with van der Waals surface area (Å²) in [6.45, 7) is 9.50. The van der Waals surface area contributed by atoms with Crippen LogP contribution in [0.25, 0.3) is 6.08 Å². The van der Waals surface area contributed by atoms with E-state index in [0.29, 0.717) is 41.4 Å². The van der Waals surface area contributed by atoms with Gasteiger partial charge in [-0.3, -0.25) is 0 Å². The van der Waals surface area contributed by atoms with Crippen LogP contribution in [-0.2, 0) is 0 Å². The normalized spacial score (nSPS) is 10.8. The monoisotopic (exact) mass is 896 g/mol. The van der Waals surface area contributed by atoms with E-state index in [1.54, 1.807) is 60.7 Å². The molecule has 5 aromatic rings. The van der Waals surface area contributed by atoms with Gasteiger partial charge in [-0.05, 0) is 128 Å². The summed E-state index contributed by atoms with van der Waals surface area (Å²) in [7, 11) is 0. The van der Waals surface area contributed by atoms with Crippen LogP contribution in [0.2, 0.25) is 0 Å². The van der Waals surface area contributed by atoms with E-state index < -0.39 is 23.9 Å². The van der Waals surface area contributed by atoms with E-state index in [1.807, 2.05) is 0 Å². The first kappa shape index (κ1) is 50.3. The first-order valence-electron chi connectivity index (χ1n) is 23.6. The summed E-state index contributed by atoms with van der Waals surface area (Å²) >= 11 is 0. The molecule has 0 amide bonds. The molecule has 66 heavy (non-hydrogen) atoms. The highest BCUT2D eigenvalue weighted by molar-refractivity contribution is 5.94. The van der Waals surface area contributed by atoms with Gasteiger partial charge >= 0.3 is 23.9 Å². The quantitative estimate of drug-likeness (QED) is 0.0260. The van der Waals surface area contributed by atoms with Crippen molar-refractivity contribution in [3.05, 3.63) is 150 Å². The highest BCUT2D eigenvalue weighted by Crippen LogP contribution is 2.27. The Kier molecular flexibility index (Phi) is 21.6. The number of benzene rings is 5. The maximum Gasteiger partial charge on any atom is 0.343 e. The van der Waals surface area contributed by atoms with Gasteiger partial charge < -0.3 is 28.4 Å². The number of hydrogen-bond donors (Lipinski definition) is 0. The van der Waals surface area contributed by atoms with Gasteiger partial charge in [-0.15, -0.1) is 0 Å². The van der Waals surface area contributed by atoms with Crippen molar-refractivity contribution in [3.8, 4) is 34.5 Å². The third-order valence-electron chi connectivity index (χ3n) is 10.9. The van der Waals surface area contributed by atoms with E-state index in [9.17, 15) is 19.2 Å². The van der Waals surface area contributed by atoms with Crippen LogP contribution in [0.3, 0.4) is 0 Å². The Bertz CT molecular complexity index is 2110. The van der Waals surface area contributed by atoms with E-state index in [0.717, 1.165) is 25.7 Å². The molecule has 0 aromatic heterocycles. The Balaban J connectivity index is 1.04. The Morgan fingerprint density at radius 1 is 0.364 bits per heavy atom. The van der Waals surface area contributed by atoms with Crippen LogP contribution < -0.4 is 28.4 Å². The Morgan fingerprint density at radius 2 is 0.636 bits per heavy atom. The third kappa shape index (κ3) is 17.7. The van der Waals surface area contributed by atoms with Crippen LogP contribution >= 0.6 is 0 Å². The lowest BCUT2D eigenvalue weighted by Gasteiger charge is -2.10. The van der Waals surface area contributed by atoms with E-state index in [-0.39, 0.29) is 34.1 Å². The number of rotatable bonds is 29. The highest BCUT2D eigenvalue weighted by Gasteiger charge is 2.16. The summed E-state index contributed by atoms with van der Waals surface area (Å²) in [6.07, 6.45) is 21.1. The molecule has 0 aliphatic rings. The second-order valence-electron chi connectivity index (χ2n) is 16.2. The van der Waals surface area contributed by atoms with Gasteiger partial charge in [0.25, 0.3) is 0 Å². The molecule has 0 N–H and O–H groups in total. The second kappa shape index (κ2) is 28.3. The van der Waals surface area contributed by atoms with Crippen molar-refractivity contribution in [3.63, 3.8) is 0 Å². The van der Waals surface area contributed by atoms with Crippen molar-refractivity contribution in [2.45, 2.75) is 117 Å².